The molecular weight excluding hydrogens is 616 g/mol. The van der Waals surface area contributed by atoms with E-state index in [0.717, 1.165) is 0 Å². The third-order valence-corrected chi connectivity index (χ3v) is 9.02. The minimum atomic E-state index is -1.17. The van der Waals surface area contributed by atoms with Gasteiger partial charge in [-0.3, -0.25) is 19.2 Å². The lowest BCUT2D eigenvalue weighted by atomic mass is 9.76. The largest absolute Gasteiger partial charge is 0.493 e. The highest BCUT2D eigenvalue weighted by Crippen LogP contribution is 2.46. The van der Waals surface area contributed by atoms with Crippen molar-refractivity contribution in [2.24, 2.45) is 17.1 Å². The zero-order chi connectivity index (χ0) is 33.6. The number of carbonyl (C=O) groups is 4. The quantitative estimate of drug-likeness (QED) is 0.236. The van der Waals surface area contributed by atoms with Crippen molar-refractivity contribution in [1.82, 2.24) is 0 Å². The summed E-state index contributed by atoms with van der Waals surface area (Å²) in [7, 11) is 3.05. The molecule has 1 fully saturated rings. The molecule has 250 valence electrons. The number of anilines is 1. The Balaban J connectivity index is 1.76. The van der Waals surface area contributed by atoms with E-state index in [0.29, 0.717) is 65.5 Å². The lowest BCUT2D eigenvalue weighted by Gasteiger charge is -2.37. The van der Waals surface area contributed by atoms with Gasteiger partial charge in [-0.15, -0.1) is 0 Å². The molecular formula is C34H43ClN2O9. The third-order valence-electron chi connectivity index (χ3n) is 8.78. The predicted octanol–water partition coefficient (Wildman–Crippen LogP) is 4.79. The number of benzene rings is 2. The number of fused-ring (bicyclic) bond motifs is 1. The van der Waals surface area contributed by atoms with E-state index >= 15 is 0 Å². The normalized spacial score (nSPS) is 23.2. The zero-order valence-electron chi connectivity index (χ0n) is 27.0. The van der Waals surface area contributed by atoms with Gasteiger partial charge in [0.15, 0.2) is 11.5 Å². The molecule has 2 atom stereocenters. The zero-order valence-corrected chi connectivity index (χ0v) is 27.8. The molecule has 4 rings (SSSR count). The summed E-state index contributed by atoms with van der Waals surface area (Å²) in [5.74, 6) is -0.433. The van der Waals surface area contributed by atoms with Crippen LogP contribution >= 0.6 is 11.6 Å². The van der Waals surface area contributed by atoms with Crippen LogP contribution in [0.15, 0.2) is 36.4 Å². The molecule has 0 unspecified atom stereocenters. The molecule has 0 aromatic heterocycles. The van der Waals surface area contributed by atoms with E-state index in [1.54, 1.807) is 35.2 Å². The average Bonchev–Trinajstić information content (AvgIpc) is 3.14. The van der Waals surface area contributed by atoms with E-state index < -0.39 is 35.1 Å². The lowest BCUT2D eigenvalue weighted by Crippen LogP contribution is -2.47. The fourth-order valence-electron chi connectivity index (χ4n) is 6.29. The standard InChI is InChI=1S/C34H43ClN2O9/c1-21(39)44-19-33(2,3)18-37-26-10-9-23(35)15-25(26)30(24-7-6-8-28(42-4)31(24)43-5)46-29(32(37)41)16-27(40)22-11-13-34(17-36,14-12-22)45-20-38/h6-10,15,20,22,29-30H,11-14,16-19,36H2,1-5H3/t22?,29-,30-,34?/m1/s1. The van der Waals surface area contributed by atoms with E-state index in [1.165, 1.54) is 21.1 Å². The van der Waals surface area contributed by atoms with Crippen LogP contribution in [0, 0.1) is 11.3 Å². The summed E-state index contributed by atoms with van der Waals surface area (Å²) in [4.78, 5) is 52.6. The van der Waals surface area contributed by atoms with Gasteiger partial charge in [0.05, 0.1) is 20.8 Å². The second-order valence-electron chi connectivity index (χ2n) is 12.7. The van der Waals surface area contributed by atoms with Gasteiger partial charge in [0.2, 0.25) is 0 Å². The van der Waals surface area contributed by atoms with Gasteiger partial charge in [0, 0.05) is 59.6 Å². The number of esters is 1. The number of methoxy groups -OCH3 is 2. The molecule has 1 amide bonds. The minimum Gasteiger partial charge on any atom is -0.493 e. The fraction of sp³-hybridized carbons (Fsp3) is 0.529. The van der Waals surface area contributed by atoms with Crippen LogP contribution in [0.1, 0.15) is 70.1 Å². The van der Waals surface area contributed by atoms with Crippen LogP contribution in [-0.2, 0) is 33.4 Å². The molecule has 1 aliphatic carbocycles. The first-order chi connectivity index (χ1) is 21.9. The van der Waals surface area contributed by atoms with Crippen LogP contribution in [0.2, 0.25) is 5.02 Å². The molecule has 0 bridgehead atoms. The van der Waals surface area contributed by atoms with E-state index in [4.69, 9.17) is 41.0 Å². The Morgan fingerprint density at radius 1 is 1.13 bits per heavy atom. The van der Waals surface area contributed by atoms with Crippen LogP contribution in [0.5, 0.6) is 11.5 Å². The Hall–Kier alpha value is -3.67. The SMILES string of the molecule is COc1cccc([C@H]2O[C@H](CC(=O)C3CCC(CN)(OC=O)CC3)C(=O)N(CC(C)(C)COC(C)=O)c3ccc(Cl)cc32)c1OC. The highest BCUT2D eigenvalue weighted by atomic mass is 35.5. The van der Waals surface area contributed by atoms with Crippen molar-refractivity contribution in [3.8, 4) is 11.5 Å². The van der Waals surface area contributed by atoms with Crippen LogP contribution in [0.25, 0.3) is 0 Å². The average molecular weight is 659 g/mol. The van der Waals surface area contributed by atoms with Gasteiger partial charge in [-0.1, -0.05) is 37.6 Å². The molecule has 2 aliphatic rings. The third kappa shape index (κ3) is 7.82. The summed E-state index contributed by atoms with van der Waals surface area (Å²) in [6, 6.07) is 10.6. The maximum Gasteiger partial charge on any atom is 0.302 e. The van der Waals surface area contributed by atoms with Crippen molar-refractivity contribution in [2.45, 2.75) is 70.7 Å². The van der Waals surface area contributed by atoms with Crippen LogP contribution < -0.4 is 20.1 Å². The maximum atomic E-state index is 14.5. The summed E-state index contributed by atoms with van der Waals surface area (Å²) in [5, 5.41) is 0.429. The molecule has 12 heteroatoms. The van der Waals surface area contributed by atoms with Gasteiger partial charge in [-0.05, 0) is 49.9 Å². The highest BCUT2D eigenvalue weighted by Gasteiger charge is 2.43. The fourth-order valence-corrected chi connectivity index (χ4v) is 6.47. The first-order valence-corrected chi connectivity index (χ1v) is 15.7. The molecule has 1 aliphatic heterocycles. The summed E-state index contributed by atoms with van der Waals surface area (Å²) >= 11 is 6.53. The Kier molecular flexibility index (Phi) is 11.3. The van der Waals surface area contributed by atoms with Crippen molar-refractivity contribution < 1.29 is 42.9 Å². The first-order valence-electron chi connectivity index (χ1n) is 15.3. The number of carbonyl (C=O) groups excluding carboxylic acids is 4. The molecule has 2 aromatic carbocycles. The molecule has 1 saturated carbocycles. The van der Waals surface area contributed by atoms with Crippen LogP contribution in [0.4, 0.5) is 5.69 Å². The van der Waals surface area contributed by atoms with Gasteiger partial charge < -0.3 is 34.3 Å². The van der Waals surface area contributed by atoms with Gasteiger partial charge in [0.1, 0.15) is 23.6 Å². The van der Waals surface area contributed by atoms with E-state index in [9.17, 15) is 19.2 Å². The van der Waals surface area contributed by atoms with Crippen molar-refractivity contribution in [3.63, 3.8) is 0 Å². The van der Waals surface area contributed by atoms with Crippen molar-refractivity contribution >= 4 is 41.4 Å². The van der Waals surface area contributed by atoms with Gasteiger partial charge >= 0.3 is 5.97 Å². The molecule has 2 N–H and O–H groups in total. The van der Waals surface area contributed by atoms with E-state index in [2.05, 4.69) is 0 Å². The minimum absolute atomic E-state index is 0.0699. The topological polar surface area (TPSA) is 144 Å². The molecule has 2 aromatic rings. The molecule has 0 radical (unpaired) electrons. The molecule has 0 saturated heterocycles. The number of rotatable bonds is 13. The lowest BCUT2D eigenvalue weighted by molar-refractivity contribution is -0.149. The Morgan fingerprint density at radius 3 is 2.46 bits per heavy atom. The van der Waals surface area contributed by atoms with Crippen LogP contribution in [0.3, 0.4) is 0 Å². The number of nitrogens with zero attached hydrogens (tertiary/aromatic N) is 1. The molecule has 46 heavy (non-hydrogen) atoms. The number of para-hydroxylation sites is 1. The Bertz CT molecular complexity index is 1440. The highest BCUT2D eigenvalue weighted by molar-refractivity contribution is 6.30. The van der Waals surface area contributed by atoms with Crippen molar-refractivity contribution in [1.29, 1.82) is 0 Å². The van der Waals surface area contributed by atoms with Gasteiger partial charge in [0.25, 0.3) is 12.4 Å². The van der Waals surface area contributed by atoms with Gasteiger partial charge in [-0.25, -0.2) is 0 Å². The summed E-state index contributed by atoms with van der Waals surface area (Å²) in [6.45, 7) is 5.91. The predicted molar refractivity (Wildman–Crippen MR) is 171 cm³/mol. The number of hydrogen-bond donors (Lipinski definition) is 1. The number of ketones is 1. The maximum absolute atomic E-state index is 14.5. The van der Waals surface area contributed by atoms with Crippen molar-refractivity contribution in [3.05, 3.63) is 52.5 Å². The Morgan fingerprint density at radius 2 is 1.85 bits per heavy atom. The summed E-state index contributed by atoms with van der Waals surface area (Å²) in [6.07, 6.45) is -0.390. The van der Waals surface area contributed by atoms with E-state index in [-0.39, 0.29) is 37.8 Å². The summed E-state index contributed by atoms with van der Waals surface area (Å²) < 4.78 is 28.6. The number of amides is 1. The second-order valence-corrected chi connectivity index (χ2v) is 13.1. The smallest absolute Gasteiger partial charge is 0.302 e. The molecule has 0 spiro atoms. The number of hydrogen-bond acceptors (Lipinski definition) is 10. The number of nitrogens with two attached hydrogens (primary N) is 1. The monoisotopic (exact) mass is 658 g/mol. The van der Waals surface area contributed by atoms with Crippen molar-refractivity contribution in [2.75, 3.05) is 38.8 Å². The van der Waals surface area contributed by atoms with Crippen LogP contribution in [-0.4, -0.2) is 69.8 Å². The second kappa shape index (κ2) is 14.8. The molecule has 1 heterocycles. The Labute approximate surface area is 274 Å². The molecule has 11 nitrogen and oxygen atoms in total. The summed E-state index contributed by atoms with van der Waals surface area (Å²) in [5.41, 5.74) is 6.20. The number of Topliss-reactive ketones (excluding diaryl/α,β-unsaturated/α-hetero) is 1. The number of ether oxygens (including phenoxy) is 5. The first kappa shape index (κ1) is 35.2. The van der Waals surface area contributed by atoms with E-state index in [1.807, 2.05) is 19.9 Å². The van der Waals surface area contributed by atoms with Gasteiger partial charge in [-0.2, -0.15) is 0 Å². The number of halogens is 1.